The number of rotatable bonds is 7. The number of carbonyl (C=O) groups excluding carboxylic acids is 3. The maximum absolute atomic E-state index is 14.6. The van der Waals surface area contributed by atoms with Gasteiger partial charge < -0.3 is 23.7 Å². The Kier molecular flexibility index (Phi) is 10.6. The second-order valence-electron chi connectivity index (χ2n) is 12.3. The molecule has 2 amide bonds. The molecule has 0 aliphatic heterocycles. The second-order valence-corrected chi connectivity index (χ2v) is 12.6. The normalized spacial score (nSPS) is 11.7. The maximum atomic E-state index is 14.6. The van der Waals surface area contributed by atoms with Crippen molar-refractivity contribution in [2.75, 3.05) is 25.4 Å². The maximum Gasteiger partial charge on any atom is 0.425 e. The molecule has 0 bridgehead atoms. The van der Waals surface area contributed by atoms with Gasteiger partial charge in [-0.25, -0.2) is 19.4 Å². The lowest BCUT2D eigenvalue weighted by molar-refractivity contribution is 0.0427. The van der Waals surface area contributed by atoms with E-state index in [0.717, 1.165) is 4.57 Å². The van der Waals surface area contributed by atoms with Gasteiger partial charge in [0.2, 0.25) is 0 Å². The third-order valence-corrected chi connectivity index (χ3v) is 6.62. The Bertz CT molecular complexity index is 1670. The van der Waals surface area contributed by atoms with Gasteiger partial charge in [-0.15, -0.1) is 0 Å². The number of carbonyl (C=O) groups is 3. The molecule has 3 rings (SSSR count). The molecule has 0 saturated heterocycles. The van der Waals surface area contributed by atoms with Gasteiger partial charge >= 0.3 is 18.2 Å². The van der Waals surface area contributed by atoms with Crippen LogP contribution in [0.1, 0.15) is 75.5 Å². The number of aromatic nitrogens is 2. The molecule has 1 aromatic carbocycles. The van der Waals surface area contributed by atoms with Gasteiger partial charge in [-0.05, 0) is 92.5 Å². The molecule has 0 aliphatic carbocycles. The lowest BCUT2D eigenvalue weighted by Crippen LogP contribution is -2.47. The van der Waals surface area contributed by atoms with E-state index in [9.17, 15) is 19.2 Å². The molecule has 0 atom stereocenters. The van der Waals surface area contributed by atoms with E-state index in [0.29, 0.717) is 27.3 Å². The number of ether oxygens (including phenoxy) is 5. The molecule has 0 fully saturated rings. The van der Waals surface area contributed by atoms with Crippen molar-refractivity contribution in [3.63, 3.8) is 0 Å². The molecule has 0 unspecified atom stereocenters. The van der Waals surface area contributed by atoms with E-state index in [1.54, 1.807) is 81.4 Å². The average molecular weight is 646 g/mol. The quantitative estimate of drug-likeness (QED) is 0.117. The fraction of sp³-hybridized carbons (Fsp3) is 0.469. The lowest BCUT2D eigenvalue weighted by Gasteiger charge is -2.31. The zero-order valence-electron chi connectivity index (χ0n) is 27.5. The summed E-state index contributed by atoms with van der Waals surface area (Å²) in [5.74, 6) is -1.13. The number of amides is 2. The first-order valence-corrected chi connectivity index (χ1v) is 14.6. The van der Waals surface area contributed by atoms with E-state index in [1.807, 2.05) is 0 Å². The minimum atomic E-state index is -1.21. The lowest BCUT2D eigenvalue weighted by atomic mass is 10.0. The highest BCUT2D eigenvalue weighted by Crippen LogP contribution is 2.36. The molecule has 0 spiro atoms. The number of methoxy groups -OCH3 is 1. The molecule has 13 heteroatoms. The van der Waals surface area contributed by atoms with Crippen LogP contribution in [0.15, 0.2) is 23.0 Å². The first kappa shape index (κ1) is 35.3. The van der Waals surface area contributed by atoms with Crippen LogP contribution in [-0.4, -0.2) is 59.4 Å². The zero-order valence-corrected chi connectivity index (χ0v) is 28.3. The number of aryl methyl sites for hydroxylation is 2. The number of benzene rings is 1. The van der Waals surface area contributed by atoms with E-state index < -0.39 is 40.7 Å². The van der Waals surface area contributed by atoms with Crippen LogP contribution in [0.3, 0.4) is 0 Å². The van der Waals surface area contributed by atoms with Gasteiger partial charge in [0.1, 0.15) is 27.7 Å². The van der Waals surface area contributed by atoms with Gasteiger partial charge in [-0.1, -0.05) is 17.7 Å². The van der Waals surface area contributed by atoms with E-state index in [1.165, 1.54) is 13.2 Å². The van der Waals surface area contributed by atoms with Crippen molar-refractivity contribution in [3.8, 4) is 11.4 Å². The van der Waals surface area contributed by atoms with Crippen LogP contribution >= 0.6 is 11.6 Å². The first-order valence-electron chi connectivity index (χ1n) is 14.2. The number of imide groups is 1. The molecule has 3 aromatic rings. The Morgan fingerprint density at radius 2 is 1.53 bits per heavy atom. The van der Waals surface area contributed by atoms with E-state index in [2.05, 4.69) is 4.98 Å². The van der Waals surface area contributed by atoms with Gasteiger partial charge in [0, 0.05) is 12.7 Å². The number of fused-ring (bicyclic) bond motifs is 1. The third kappa shape index (κ3) is 7.74. The van der Waals surface area contributed by atoms with Crippen LogP contribution in [0.25, 0.3) is 16.6 Å². The fourth-order valence-electron chi connectivity index (χ4n) is 4.49. The van der Waals surface area contributed by atoms with Gasteiger partial charge in [0.15, 0.2) is 12.6 Å². The first-order chi connectivity index (χ1) is 20.8. The Morgan fingerprint density at radius 1 is 0.956 bits per heavy atom. The predicted octanol–water partition coefficient (Wildman–Crippen LogP) is 6.80. The van der Waals surface area contributed by atoms with Crippen molar-refractivity contribution in [2.24, 2.45) is 0 Å². The summed E-state index contributed by atoms with van der Waals surface area (Å²) >= 11 is 6.40. The van der Waals surface area contributed by atoms with E-state index in [4.69, 9.17) is 35.3 Å². The third-order valence-electron chi connectivity index (χ3n) is 6.24. The Hall–Kier alpha value is -4.16. The van der Waals surface area contributed by atoms with Crippen LogP contribution in [0.5, 0.6) is 5.75 Å². The molecule has 0 aliphatic rings. The van der Waals surface area contributed by atoms with Crippen molar-refractivity contribution in [3.05, 3.63) is 56.0 Å². The molecular formula is C32H40ClN3O9. The van der Waals surface area contributed by atoms with Gasteiger partial charge in [0.05, 0.1) is 23.2 Å². The van der Waals surface area contributed by atoms with Crippen molar-refractivity contribution >= 4 is 46.5 Å². The smallest absolute Gasteiger partial charge is 0.425 e. The molecule has 244 valence electrons. The molecule has 0 saturated carbocycles. The van der Waals surface area contributed by atoms with Crippen LogP contribution in [0, 0.1) is 20.8 Å². The highest BCUT2D eigenvalue weighted by molar-refractivity contribution is 6.31. The number of esters is 1. The Balaban J connectivity index is 2.72. The van der Waals surface area contributed by atoms with Crippen molar-refractivity contribution in [2.45, 2.75) is 80.4 Å². The number of hydrogen-bond acceptors (Lipinski definition) is 10. The zero-order chi connectivity index (χ0) is 34.0. The summed E-state index contributed by atoms with van der Waals surface area (Å²) in [4.78, 5) is 61.4. The standard InChI is InChI=1S/C32H40ClN3O9/c1-12-42-28(38)22-23-20(15-18(3)25(33)34-23)27(37)35(24-17(2)13-14-21(19(24)4)43-16-41-11)26(22)36(29(39)44-31(5,6)7)30(40)45-32(8,9)10/h13-15H,12,16H2,1-11H3. The second kappa shape index (κ2) is 13.5. The van der Waals surface area contributed by atoms with E-state index in [-0.39, 0.29) is 40.7 Å². The summed E-state index contributed by atoms with van der Waals surface area (Å²) in [6, 6.07) is 4.86. The number of halogens is 1. The summed E-state index contributed by atoms with van der Waals surface area (Å²) in [6.07, 6.45) is -2.43. The van der Waals surface area contributed by atoms with Gasteiger partial charge in [-0.3, -0.25) is 9.36 Å². The summed E-state index contributed by atoms with van der Waals surface area (Å²) < 4.78 is 28.6. The molecule has 0 radical (unpaired) electrons. The largest absolute Gasteiger partial charge is 0.467 e. The number of anilines is 1. The minimum absolute atomic E-state index is 0.000409. The van der Waals surface area contributed by atoms with E-state index >= 15 is 0 Å². The summed E-state index contributed by atoms with van der Waals surface area (Å²) in [6.45, 7) is 16.1. The highest BCUT2D eigenvalue weighted by atomic mass is 35.5. The Labute approximate surface area is 267 Å². The molecule has 2 heterocycles. The fourth-order valence-corrected chi connectivity index (χ4v) is 4.63. The molecule has 45 heavy (non-hydrogen) atoms. The highest BCUT2D eigenvalue weighted by Gasteiger charge is 2.40. The number of nitrogens with zero attached hydrogens (tertiary/aromatic N) is 3. The molecule has 2 aromatic heterocycles. The predicted molar refractivity (Wildman–Crippen MR) is 170 cm³/mol. The van der Waals surface area contributed by atoms with Crippen molar-refractivity contribution in [1.29, 1.82) is 0 Å². The monoisotopic (exact) mass is 645 g/mol. The number of hydrogen-bond donors (Lipinski definition) is 0. The molecular weight excluding hydrogens is 606 g/mol. The topological polar surface area (TPSA) is 135 Å². The Morgan fingerprint density at radius 3 is 2.04 bits per heavy atom. The van der Waals surface area contributed by atoms with Gasteiger partial charge in [-0.2, -0.15) is 4.90 Å². The minimum Gasteiger partial charge on any atom is -0.467 e. The van der Waals surface area contributed by atoms with Crippen LogP contribution in [0.2, 0.25) is 5.15 Å². The average Bonchev–Trinajstić information content (AvgIpc) is 2.89. The SMILES string of the molecule is CCOC(=O)c1c(N(C(=O)OC(C)(C)C)C(=O)OC(C)(C)C)n(-c2c(C)ccc(OCOC)c2C)c(=O)c2cc(C)c(Cl)nc12. The number of pyridine rings is 2. The van der Waals surface area contributed by atoms with Crippen molar-refractivity contribution in [1.82, 2.24) is 9.55 Å². The summed E-state index contributed by atoms with van der Waals surface area (Å²) in [5, 5.41) is -0.0152. The van der Waals surface area contributed by atoms with Crippen LogP contribution < -0.4 is 15.2 Å². The van der Waals surface area contributed by atoms with Crippen molar-refractivity contribution < 1.29 is 38.1 Å². The van der Waals surface area contributed by atoms with Gasteiger partial charge in [0.25, 0.3) is 5.56 Å². The van der Waals surface area contributed by atoms with Crippen LogP contribution in [-0.2, 0) is 18.9 Å². The summed E-state index contributed by atoms with van der Waals surface area (Å²) in [5.41, 5.74) is -1.81. The van der Waals surface area contributed by atoms with Crippen LogP contribution in [0.4, 0.5) is 15.4 Å². The molecule has 12 nitrogen and oxygen atoms in total. The molecule has 0 N–H and O–H groups in total. The summed E-state index contributed by atoms with van der Waals surface area (Å²) in [7, 11) is 1.46.